The van der Waals surface area contributed by atoms with Crippen molar-refractivity contribution in [2.75, 3.05) is 5.32 Å². The number of carboxylic acid groups (broad SMARTS) is 1. The molecule has 30 heavy (non-hydrogen) atoms. The molecule has 0 fully saturated rings. The second-order valence-corrected chi connectivity index (χ2v) is 6.36. The van der Waals surface area contributed by atoms with Crippen LogP contribution in [-0.4, -0.2) is 30.6 Å². The molecule has 0 amide bonds. The number of anilines is 1. The van der Waals surface area contributed by atoms with E-state index in [1.165, 1.54) is 36.5 Å². The third-order valence-electron chi connectivity index (χ3n) is 4.37. The van der Waals surface area contributed by atoms with E-state index in [4.69, 9.17) is 5.11 Å². The van der Waals surface area contributed by atoms with E-state index in [9.17, 15) is 18.8 Å². The van der Waals surface area contributed by atoms with Crippen molar-refractivity contribution >= 4 is 23.0 Å². The lowest BCUT2D eigenvalue weighted by molar-refractivity contribution is 0.0697. The summed E-state index contributed by atoms with van der Waals surface area (Å²) in [5.41, 5.74) is -0.333. The molecule has 2 aromatic carbocycles. The minimum Gasteiger partial charge on any atom is -0.478 e. The van der Waals surface area contributed by atoms with Crippen LogP contribution in [0.3, 0.4) is 0 Å². The first-order valence-corrected chi connectivity index (χ1v) is 8.76. The van der Waals surface area contributed by atoms with Gasteiger partial charge >= 0.3 is 11.7 Å². The van der Waals surface area contributed by atoms with Crippen molar-refractivity contribution in [2.45, 2.75) is 6.54 Å². The van der Waals surface area contributed by atoms with E-state index in [0.29, 0.717) is 6.54 Å². The van der Waals surface area contributed by atoms with Crippen molar-refractivity contribution < 1.29 is 14.3 Å². The molecule has 3 N–H and O–H groups in total. The topological polar surface area (TPSA) is 130 Å². The highest BCUT2D eigenvalue weighted by molar-refractivity contribution is 5.87. The number of nitrogens with one attached hydrogen (secondary N) is 2. The Morgan fingerprint density at radius 1 is 1.17 bits per heavy atom. The molecule has 2 heterocycles. The van der Waals surface area contributed by atoms with Gasteiger partial charge in [-0.05, 0) is 35.9 Å². The maximum Gasteiger partial charge on any atom is 0.335 e. The van der Waals surface area contributed by atoms with Gasteiger partial charge in [-0.15, -0.1) is 0 Å². The van der Waals surface area contributed by atoms with Gasteiger partial charge in [0.15, 0.2) is 5.65 Å². The molecule has 0 aliphatic rings. The van der Waals surface area contributed by atoms with Crippen LogP contribution in [0.5, 0.6) is 0 Å². The molecule has 0 aliphatic heterocycles. The molecule has 150 valence electrons. The summed E-state index contributed by atoms with van der Waals surface area (Å²) in [7, 11) is 0. The van der Waals surface area contributed by atoms with Crippen LogP contribution < -0.4 is 16.6 Å². The maximum absolute atomic E-state index is 13.5. The molecular formula is C20H14FN5O4. The molecule has 0 radical (unpaired) electrons. The van der Waals surface area contributed by atoms with E-state index in [1.807, 2.05) is 0 Å². The average Bonchev–Trinajstić information content (AvgIpc) is 2.72. The Morgan fingerprint density at radius 2 is 1.93 bits per heavy atom. The van der Waals surface area contributed by atoms with E-state index in [1.54, 1.807) is 12.1 Å². The van der Waals surface area contributed by atoms with E-state index >= 15 is 0 Å². The van der Waals surface area contributed by atoms with Crippen LogP contribution in [0.2, 0.25) is 0 Å². The van der Waals surface area contributed by atoms with Gasteiger partial charge in [-0.2, -0.15) is 4.98 Å². The SMILES string of the molecule is O=C(O)c1ccc(CNc2ncc3c(=O)n(-c4cccc(F)c4)c(=O)[nH]c3n2)cc1. The van der Waals surface area contributed by atoms with Crippen LogP contribution in [0.15, 0.2) is 64.3 Å². The van der Waals surface area contributed by atoms with Crippen LogP contribution in [0.4, 0.5) is 10.3 Å². The van der Waals surface area contributed by atoms with Gasteiger partial charge in [0, 0.05) is 12.7 Å². The summed E-state index contributed by atoms with van der Waals surface area (Å²) in [4.78, 5) is 46.7. The largest absolute Gasteiger partial charge is 0.478 e. The third-order valence-corrected chi connectivity index (χ3v) is 4.37. The number of benzene rings is 2. The first kappa shape index (κ1) is 19.0. The number of aromatic carboxylic acids is 1. The van der Waals surface area contributed by atoms with E-state index < -0.39 is 23.0 Å². The number of hydrogen-bond acceptors (Lipinski definition) is 6. The summed E-state index contributed by atoms with van der Waals surface area (Å²) in [6.07, 6.45) is 1.27. The Morgan fingerprint density at radius 3 is 2.63 bits per heavy atom. The highest BCUT2D eigenvalue weighted by Gasteiger charge is 2.12. The number of aromatic amines is 1. The molecule has 0 aliphatic carbocycles. The number of nitrogens with zero attached hydrogens (tertiary/aromatic N) is 3. The fourth-order valence-corrected chi connectivity index (χ4v) is 2.88. The predicted molar refractivity (Wildman–Crippen MR) is 106 cm³/mol. The Labute approximate surface area is 167 Å². The zero-order valence-electron chi connectivity index (χ0n) is 15.3. The normalized spacial score (nSPS) is 10.8. The van der Waals surface area contributed by atoms with Crippen molar-refractivity contribution in [2.24, 2.45) is 0 Å². The van der Waals surface area contributed by atoms with Crippen LogP contribution in [-0.2, 0) is 6.54 Å². The summed E-state index contributed by atoms with van der Waals surface area (Å²) in [5, 5.41) is 11.9. The summed E-state index contributed by atoms with van der Waals surface area (Å²) in [5.74, 6) is -1.42. The van der Waals surface area contributed by atoms with Crippen LogP contribution in [0, 0.1) is 5.82 Å². The summed E-state index contributed by atoms with van der Waals surface area (Å²) in [6, 6.07) is 11.4. The molecule has 4 aromatic rings. The maximum atomic E-state index is 13.5. The van der Waals surface area contributed by atoms with Gasteiger partial charge in [-0.1, -0.05) is 18.2 Å². The lowest BCUT2D eigenvalue weighted by atomic mass is 10.1. The zero-order valence-corrected chi connectivity index (χ0v) is 15.3. The van der Waals surface area contributed by atoms with Gasteiger partial charge in [0.05, 0.1) is 11.3 Å². The molecule has 0 spiro atoms. The fourth-order valence-electron chi connectivity index (χ4n) is 2.88. The van der Waals surface area contributed by atoms with Gasteiger partial charge in [0.2, 0.25) is 5.95 Å². The Bertz CT molecular complexity index is 1380. The molecule has 0 unspecified atom stereocenters. The monoisotopic (exact) mass is 407 g/mol. The number of carboxylic acids is 1. The van der Waals surface area contributed by atoms with Crippen molar-refractivity contribution in [1.29, 1.82) is 0 Å². The molecule has 0 saturated carbocycles. The minimum atomic E-state index is -1.01. The molecule has 0 saturated heterocycles. The Hall–Kier alpha value is -4.34. The summed E-state index contributed by atoms with van der Waals surface area (Å²) < 4.78 is 14.3. The lowest BCUT2D eigenvalue weighted by Crippen LogP contribution is -2.34. The lowest BCUT2D eigenvalue weighted by Gasteiger charge is -2.08. The fraction of sp³-hybridized carbons (Fsp3) is 0.0500. The predicted octanol–water partition coefficient (Wildman–Crippen LogP) is 1.92. The van der Waals surface area contributed by atoms with E-state index in [2.05, 4.69) is 20.3 Å². The van der Waals surface area contributed by atoms with Crippen LogP contribution >= 0.6 is 0 Å². The van der Waals surface area contributed by atoms with Crippen molar-refractivity contribution in [1.82, 2.24) is 19.5 Å². The van der Waals surface area contributed by atoms with Gasteiger partial charge in [0.25, 0.3) is 5.56 Å². The first-order chi connectivity index (χ1) is 14.4. The zero-order chi connectivity index (χ0) is 21.3. The van der Waals surface area contributed by atoms with E-state index in [0.717, 1.165) is 16.2 Å². The number of rotatable bonds is 5. The van der Waals surface area contributed by atoms with Gasteiger partial charge < -0.3 is 10.4 Å². The number of fused-ring (bicyclic) bond motifs is 1. The van der Waals surface area contributed by atoms with Crippen LogP contribution in [0.25, 0.3) is 16.7 Å². The summed E-state index contributed by atoms with van der Waals surface area (Å²) >= 11 is 0. The molecule has 0 bridgehead atoms. The number of hydrogen-bond donors (Lipinski definition) is 3. The molecule has 4 rings (SSSR count). The van der Waals surface area contributed by atoms with Gasteiger partial charge in [-0.25, -0.2) is 23.5 Å². The molecule has 0 atom stereocenters. The number of halogens is 1. The second-order valence-electron chi connectivity index (χ2n) is 6.36. The number of H-pyrrole nitrogens is 1. The summed E-state index contributed by atoms with van der Waals surface area (Å²) in [6.45, 7) is 0.302. The molecular weight excluding hydrogens is 393 g/mol. The van der Waals surface area contributed by atoms with Crippen LogP contribution in [0.1, 0.15) is 15.9 Å². The number of carbonyl (C=O) groups is 1. The standard InChI is InChI=1S/C20H14FN5O4/c21-13-2-1-3-14(8-13)26-17(27)15-10-23-19(24-16(15)25-20(26)30)22-9-11-4-6-12(7-5-11)18(28)29/h1-8,10H,9H2,(H,28,29)(H2,22,23,24,25,30). The first-order valence-electron chi connectivity index (χ1n) is 8.76. The van der Waals surface area contributed by atoms with E-state index in [-0.39, 0.29) is 28.2 Å². The average molecular weight is 407 g/mol. The molecule has 9 nitrogen and oxygen atoms in total. The highest BCUT2D eigenvalue weighted by Crippen LogP contribution is 2.10. The second kappa shape index (κ2) is 7.59. The Balaban J connectivity index is 1.63. The van der Waals surface area contributed by atoms with Crippen molar-refractivity contribution in [3.8, 4) is 5.69 Å². The highest BCUT2D eigenvalue weighted by atomic mass is 19.1. The smallest absolute Gasteiger partial charge is 0.335 e. The van der Waals surface area contributed by atoms with Gasteiger partial charge in [0.1, 0.15) is 11.2 Å². The Kier molecular flexibility index (Phi) is 4.80. The minimum absolute atomic E-state index is 0.0383. The quantitative estimate of drug-likeness (QED) is 0.461. The van der Waals surface area contributed by atoms with Crippen molar-refractivity contribution in [3.63, 3.8) is 0 Å². The third kappa shape index (κ3) is 3.65. The molecule has 10 heteroatoms. The van der Waals surface area contributed by atoms with Crippen molar-refractivity contribution in [3.05, 3.63) is 92.5 Å². The van der Waals surface area contributed by atoms with Gasteiger partial charge in [-0.3, -0.25) is 9.78 Å². The molecule has 2 aromatic heterocycles. The number of aromatic nitrogens is 4.